The Kier molecular flexibility index (Phi) is 15.8. The molecule has 5 nitrogen and oxygen atoms in total. The molecule has 0 spiro atoms. The summed E-state index contributed by atoms with van der Waals surface area (Å²) in [5, 5.41) is 24.3. The second-order valence-electron chi connectivity index (χ2n) is 31.8. The van der Waals surface area contributed by atoms with Gasteiger partial charge in [-0.1, -0.05) is 335 Å². The fourth-order valence-electron chi connectivity index (χ4n) is 20.5. The molecule has 24 aromatic rings. The molecule has 0 radical (unpaired) electrons. The minimum absolute atomic E-state index is 0.839. The van der Waals surface area contributed by atoms with E-state index in [9.17, 15) is 0 Å². The van der Waals surface area contributed by atoms with Gasteiger partial charge in [0.05, 0.1) is 38.5 Å². The molecule has 18 aromatic carbocycles. The molecule has 120 heavy (non-hydrogen) atoms. The molecule has 0 N–H and O–H groups in total. The molecular weight excluding hydrogens is 1510 g/mol. The predicted octanol–water partition coefficient (Wildman–Crippen LogP) is 24.6. The van der Waals surface area contributed by atoms with Crippen LogP contribution in [0.25, 0.3) is 180 Å². The van der Waals surface area contributed by atoms with E-state index in [0.717, 1.165) is 122 Å². The normalized spacial score (nSPS) is 12.2. The quantitative estimate of drug-likeness (QED) is 0.0583. The molecule has 0 aliphatic heterocycles. The maximum atomic E-state index is 7.20. The molecule has 0 aliphatic rings. The van der Waals surface area contributed by atoms with Gasteiger partial charge >= 0.3 is 0 Å². The van der Waals surface area contributed by atoms with Crippen LogP contribution in [0.2, 0.25) is 0 Å². The van der Waals surface area contributed by atoms with E-state index in [2.05, 4.69) is 433 Å². The van der Waals surface area contributed by atoms with Gasteiger partial charge in [-0.15, -0.1) is 11.3 Å². The van der Waals surface area contributed by atoms with Crippen molar-refractivity contribution in [3.05, 3.63) is 432 Å². The van der Waals surface area contributed by atoms with Crippen LogP contribution in [-0.4, -0.2) is 29.8 Å². The fraction of sp³-hybridized carbons (Fsp3) is 0. The van der Waals surface area contributed by atoms with Gasteiger partial charge in [0.1, 0.15) is 22.3 Å². The van der Waals surface area contributed by atoms with E-state index >= 15 is 0 Å². The number of furan rings is 2. The van der Waals surface area contributed by atoms with E-state index < -0.39 is 16.1 Å². The third kappa shape index (κ3) is 10.3. The van der Waals surface area contributed by atoms with Gasteiger partial charge in [-0.3, -0.25) is 0 Å². The molecule has 0 atom stereocenters. The smallest absolute Gasteiger partial charge is 0.179 e. The molecule has 6 aromatic heterocycles. The van der Waals surface area contributed by atoms with Crippen LogP contribution in [0.1, 0.15) is 0 Å². The molecular formula is C112H73N3O2SSi2. The van der Waals surface area contributed by atoms with Crippen molar-refractivity contribution in [3.8, 4) is 44.8 Å². The minimum Gasteiger partial charge on any atom is -0.455 e. The largest absolute Gasteiger partial charge is 0.455 e. The van der Waals surface area contributed by atoms with Gasteiger partial charge in [0.2, 0.25) is 0 Å². The fourth-order valence-corrected chi connectivity index (χ4v) is 31.3. The lowest BCUT2D eigenvalue weighted by Gasteiger charge is -2.35. The maximum Gasteiger partial charge on any atom is 0.179 e. The summed E-state index contributed by atoms with van der Waals surface area (Å²) >= 11 is 1.88. The topological polar surface area (TPSA) is 41.1 Å². The van der Waals surface area contributed by atoms with E-state index in [1.54, 1.807) is 0 Å². The lowest BCUT2D eigenvalue weighted by atomic mass is 9.99. The Hall–Kier alpha value is -14.9. The number of allylic oxidation sites excluding steroid dienone is 2. The first-order chi connectivity index (χ1) is 59.4. The molecule has 0 saturated heterocycles. The Morgan fingerprint density at radius 3 is 1.35 bits per heavy atom. The van der Waals surface area contributed by atoms with Crippen LogP contribution in [0.15, 0.2) is 441 Å². The van der Waals surface area contributed by atoms with Crippen molar-refractivity contribution in [2.45, 2.75) is 0 Å². The molecule has 24 rings (SSSR count). The van der Waals surface area contributed by atoms with Crippen LogP contribution in [0.4, 0.5) is 0 Å². The van der Waals surface area contributed by atoms with Gasteiger partial charge in [0.25, 0.3) is 0 Å². The van der Waals surface area contributed by atoms with E-state index in [0.29, 0.717) is 0 Å². The maximum absolute atomic E-state index is 7.20. The molecule has 0 fully saturated rings. The zero-order valence-electron chi connectivity index (χ0n) is 65.3. The molecule has 0 saturated carbocycles. The number of nitrogens with zero attached hydrogens (tertiary/aromatic N) is 3. The summed E-state index contributed by atoms with van der Waals surface area (Å²) < 4.78 is 23.7. The highest BCUT2D eigenvalue weighted by atomic mass is 32.1. The predicted molar refractivity (Wildman–Crippen MR) is 515 cm³/mol. The van der Waals surface area contributed by atoms with Crippen LogP contribution in [-0.2, 0) is 0 Å². The second kappa shape index (κ2) is 27.4. The van der Waals surface area contributed by atoms with Gasteiger partial charge < -0.3 is 22.5 Å². The lowest BCUT2D eigenvalue weighted by Crippen LogP contribution is -2.74. The van der Waals surface area contributed by atoms with E-state index in [1.165, 1.54) is 99.9 Å². The first kappa shape index (κ1) is 69.4. The van der Waals surface area contributed by atoms with Crippen molar-refractivity contribution in [1.82, 2.24) is 13.7 Å². The number of benzene rings is 18. The summed E-state index contributed by atoms with van der Waals surface area (Å²) in [5.41, 5.74) is 20.2. The SMILES string of the molecule is C=CC(=C)n1c2ccccc2c2c1ccc1c3ccccc3n(-c3cccc([Si](c4ccccc4)(c4ccccc4)c4cccc(-c5cccc6c5sc5ccc(-c7ccc8oc9c(ccc%10c9c9ccccc9n%10-c9cccc([Si](c%10ccccc%10)(c%10ccccc%10)c%10cccc(-c%11cccc%12c%11oc%11ccccc%11%12)c%10)c9)c8c7)cc56)c4)c3)c12. The highest BCUT2D eigenvalue weighted by Crippen LogP contribution is 2.47. The van der Waals surface area contributed by atoms with E-state index in [1.807, 2.05) is 23.5 Å². The third-order valence-corrected chi connectivity index (χ3v) is 36.3. The van der Waals surface area contributed by atoms with E-state index in [4.69, 9.17) is 8.83 Å². The average Bonchev–Trinajstić information content (AvgIpc) is 1.46. The summed E-state index contributed by atoms with van der Waals surface area (Å²) in [6, 6.07) is 154. The monoisotopic (exact) mass is 1580 g/mol. The summed E-state index contributed by atoms with van der Waals surface area (Å²) in [7, 11) is -6.29. The number of thiophene rings is 1. The molecule has 0 bridgehead atoms. The van der Waals surface area contributed by atoms with E-state index in [-0.39, 0.29) is 0 Å². The van der Waals surface area contributed by atoms with Crippen LogP contribution in [0.5, 0.6) is 0 Å². The molecule has 562 valence electrons. The average molecular weight is 1580 g/mol. The molecule has 0 aliphatic carbocycles. The second-order valence-corrected chi connectivity index (χ2v) is 40.4. The summed E-state index contributed by atoms with van der Waals surface area (Å²) in [5.74, 6) is 0. The Morgan fingerprint density at radius 2 is 0.717 bits per heavy atom. The van der Waals surface area contributed by atoms with Gasteiger partial charge in [-0.2, -0.15) is 0 Å². The van der Waals surface area contributed by atoms with Gasteiger partial charge in [-0.25, -0.2) is 0 Å². The molecule has 6 heterocycles. The van der Waals surface area contributed by atoms with Crippen molar-refractivity contribution in [2.75, 3.05) is 0 Å². The van der Waals surface area contributed by atoms with Crippen molar-refractivity contribution >= 4 is 204 Å². The van der Waals surface area contributed by atoms with Gasteiger partial charge in [0, 0.05) is 91.3 Å². The Bertz CT molecular complexity index is 8270. The standard InChI is InChI=1S/C112H73N3O2SSi2/c1-3-72(2)113-100-55-21-17-48-95(100)107-102(113)62-60-91-89-46-16-20-54-99(89)115(109(91)107)78-33-27-45-86(71-78)120(81-38-12-6-13-39-81,82-40-14-7-15-41-82)84-43-25-31-76(67-84)88-51-29-53-94-98-69-74(59-65-106(98)118-112(88)94)73-58-64-105-97(68-73)93-61-63-103-108(111(93)117-105)96-49-18-22-56-101(96)114(103)77-32-26-44-85(70-77)119(79-34-8-4-9-35-79,80-36-10-5-11-37-80)83-42-24-30-75(66-83)87-50-28-52-92-90-47-19-23-57-104(90)116-110(87)92/h3-71H,1-2H2. The highest BCUT2D eigenvalue weighted by Gasteiger charge is 2.44. The van der Waals surface area contributed by atoms with Crippen LogP contribution in [0, 0.1) is 0 Å². The Morgan fingerprint density at radius 1 is 0.275 bits per heavy atom. The number of aromatic nitrogens is 3. The lowest BCUT2D eigenvalue weighted by molar-refractivity contribution is 0.670. The Balaban J connectivity index is 0.613. The molecule has 8 heteroatoms. The van der Waals surface area contributed by atoms with Crippen LogP contribution >= 0.6 is 11.3 Å². The highest BCUT2D eigenvalue weighted by molar-refractivity contribution is 7.26. The number of para-hydroxylation sites is 5. The van der Waals surface area contributed by atoms with Crippen molar-refractivity contribution in [2.24, 2.45) is 0 Å². The number of fused-ring (bicyclic) bond motifs is 20. The van der Waals surface area contributed by atoms with Crippen molar-refractivity contribution < 1.29 is 8.83 Å². The zero-order chi connectivity index (χ0) is 79.3. The molecule has 0 unspecified atom stereocenters. The minimum atomic E-state index is -3.17. The Labute approximate surface area is 698 Å². The third-order valence-electron chi connectivity index (χ3n) is 25.6. The van der Waals surface area contributed by atoms with Crippen LogP contribution in [0.3, 0.4) is 0 Å². The first-order valence-corrected chi connectivity index (χ1v) is 45.9. The van der Waals surface area contributed by atoms with Crippen molar-refractivity contribution in [1.29, 1.82) is 0 Å². The number of rotatable bonds is 15. The van der Waals surface area contributed by atoms with Gasteiger partial charge in [-0.05, 0) is 166 Å². The van der Waals surface area contributed by atoms with Crippen molar-refractivity contribution in [3.63, 3.8) is 0 Å². The number of hydrogen-bond donors (Lipinski definition) is 0. The zero-order valence-corrected chi connectivity index (χ0v) is 68.1. The molecule has 0 amide bonds. The summed E-state index contributed by atoms with van der Waals surface area (Å²) in [6.07, 6.45) is 1.86. The summed E-state index contributed by atoms with van der Waals surface area (Å²) in [4.78, 5) is 0. The first-order valence-electron chi connectivity index (χ1n) is 41.1. The van der Waals surface area contributed by atoms with Gasteiger partial charge in [0.15, 0.2) is 16.1 Å². The van der Waals surface area contributed by atoms with Crippen LogP contribution < -0.4 is 41.5 Å². The number of hydrogen-bond acceptors (Lipinski definition) is 3. The summed E-state index contributed by atoms with van der Waals surface area (Å²) in [6.45, 7) is 8.70.